The Morgan fingerprint density at radius 3 is 2.86 bits per heavy atom. The molecule has 0 N–H and O–H groups in total. The molecule has 0 fully saturated rings. The number of carbonyl (C=O) groups is 2. The molecule has 3 rings (SSSR count). The van der Waals surface area contributed by atoms with Crippen LogP contribution in [0, 0.1) is 0 Å². The Balaban J connectivity index is 1.94. The van der Waals surface area contributed by atoms with Gasteiger partial charge >= 0.3 is 0 Å². The lowest BCUT2D eigenvalue weighted by atomic mass is 10.0. The van der Waals surface area contributed by atoms with Gasteiger partial charge in [-0.3, -0.25) is 9.59 Å². The summed E-state index contributed by atoms with van der Waals surface area (Å²) in [5.41, 5.74) is 2.88. The van der Waals surface area contributed by atoms with Crippen LogP contribution in [-0.2, 0) is 4.79 Å². The smallest absolute Gasteiger partial charge is 0.289 e. The fourth-order valence-corrected chi connectivity index (χ4v) is 2.64. The molecule has 114 valence electrons. The highest BCUT2D eigenvalue weighted by Crippen LogP contribution is 2.26. The van der Waals surface area contributed by atoms with Crippen molar-refractivity contribution in [3.8, 4) is 0 Å². The monoisotopic (exact) mass is 298 g/mol. The van der Waals surface area contributed by atoms with Gasteiger partial charge in [0.05, 0.1) is 0 Å². The summed E-state index contributed by atoms with van der Waals surface area (Å²) in [5.74, 6) is 0.186. The second-order valence-corrected chi connectivity index (χ2v) is 5.66. The summed E-state index contributed by atoms with van der Waals surface area (Å²) in [6, 6.07) is 7.61. The topological polar surface area (TPSA) is 53.8 Å². The first kappa shape index (κ1) is 14.4. The summed E-state index contributed by atoms with van der Waals surface area (Å²) in [4.78, 5) is 26.1. The van der Waals surface area contributed by atoms with Crippen LogP contribution in [0.1, 0.15) is 22.5 Å². The summed E-state index contributed by atoms with van der Waals surface area (Å²) < 4.78 is 5.60. The molecule has 2 heterocycles. The third-order valence-corrected chi connectivity index (χ3v) is 3.83. The quantitative estimate of drug-likeness (QED) is 0.818. The van der Waals surface area contributed by atoms with Crippen LogP contribution in [0.15, 0.2) is 34.8 Å². The fraction of sp³-hybridized carbons (Fsp3) is 0.294. The highest BCUT2D eigenvalue weighted by atomic mass is 16.3. The lowest BCUT2D eigenvalue weighted by Gasteiger charge is -2.23. The molecular formula is C17H18N2O3. The van der Waals surface area contributed by atoms with Crippen LogP contribution >= 0.6 is 0 Å². The molecule has 0 bridgehead atoms. The Hall–Kier alpha value is -2.56. The largest absolute Gasteiger partial charge is 0.451 e. The molecule has 22 heavy (non-hydrogen) atoms. The van der Waals surface area contributed by atoms with E-state index in [9.17, 15) is 9.59 Å². The van der Waals surface area contributed by atoms with Crippen molar-refractivity contribution in [3.63, 3.8) is 0 Å². The van der Waals surface area contributed by atoms with E-state index < -0.39 is 0 Å². The van der Waals surface area contributed by atoms with Crippen LogP contribution in [0.3, 0.4) is 0 Å². The van der Waals surface area contributed by atoms with Crippen LogP contribution < -0.4 is 0 Å². The first-order valence-corrected chi connectivity index (χ1v) is 7.22. The highest BCUT2D eigenvalue weighted by molar-refractivity contribution is 5.96. The zero-order valence-corrected chi connectivity index (χ0v) is 12.7. The average Bonchev–Trinajstić information content (AvgIpc) is 2.97. The van der Waals surface area contributed by atoms with Crippen molar-refractivity contribution in [1.82, 2.24) is 9.80 Å². The van der Waals surface area contributed by atoms with Crippen molar-refractivity contribution in [2.24, 2.45) is 0 Å². The molecule has 0 atom stereocenters. The average molecular weight is 298 g/mol. The minimum atomic E-state index is -0.151. The van der Waals surface area contributed by atoms with E-state index in [1.54, 1.807) is 25.1 Å². The van der Waals surface area contributed by atoms with E-state index in [4.69, 9.17) is 4.42 Å². The fourth-order valence-electron chi connectivity index (χ4n) is 2.64. The van der Waals surface area contributed by atoms with Gasteiger partial charge in [-0.25, -0.2) is 0 Å². The number of amides is 2. The molecule has 0 saturated carbocycles. The van der Waals surface area contributed by atoms with E-state index in [0.717, 1.165) is 35.9 Å². The highest BCUT2D eigenvalue weighted by Gasteiger charge is 2.16. The Morgan fingerprint density at radius 2 is 2.14 bits per heavy atom. The van der Waals surface area contributed by atoms with Gasteiger partial charge in [-0.1, -0.05) is 12.1 Å². The number of fused-ring (bicyclic) bond motifs is 1. The van der Waals surface area contributed by atoms with E-state index in [0.29, 0.717) is 17.9 Å². The number of rotatable bonds is 3. The standard InChI is InChI=1S/C17H18N2O3/c1-18(2)17(21)16-9-14-8-12(5-6-15(14)22-16)13-4-3-7-19(10-13)11-20/h4-6,8-9,11H,3,7,10H2,1-2H3. The molecule has 0 unspecified atom stereocenters. The zero-order valence-electron chi connectivity index (χ0n) is 12.7. The van der Waals surface area contributed by atoms with Crippen LogP contribution in [0.5, 0.6) is 0 Å². The molecule has 0 radical (unpaired) electrons. The van der Waals surface area contributed by atoms with Gasteiger partial charge in [-0.15, -0.1) is 0 Å². The van der Waals surface area contributed by atoms with Crippen molar-refractivity contribution in [3.05, 3.63) is 41.7 Å². The maximum Gasteiger partial charge on any atom is 0.289 e. The first-order chi connectivity index (χ1) is 10.6. The van der Waals surface area contributed by atoms with Crippen molar-refractivity contribution >= 4 is 28.9 Å². The van der Waals surface area contributed by atoms with Crippen LogP contribution in [0.2, 0.25) is 0 Å². The molecule has 1 aromatic carbocycles. The third kappa shape index (κ3) is 2.62. The zero-order chi connectivity index (χ0) is 15.7. The first-order valence-electron chi connectivity index (χ1n) is 7.22. The van der Waals surface area contributed by atoms with Crippen molar-refractivity contribution in [2.45, 2.75) is 6.42 Å². The van der Waals surface area contributed by atoms with Gasteiger partial charge in [0.15, 0.2) is 5.76 Å². The van der Waals surface area contributed by atoms with E-state index in [1.165, 1.54) is 4.90 Å². The summed E-state index contributed by atoms with van der Waals surface area (Å²) >= 11 is 0. The Labute approximate surface area is 128 Å². The van der Waals surface area contributed by atoms with E-state index in [1.807, 2.05) is 18.2 Å². The van der Waals surface area contributed by atoms with Crippen LogP contribution in [-0.4, -0.2) is 49.3 Å². The summed E-state index contributed by atoms with van der Waals surface area (Å²) in [6.45, 7) is 1.39. The second-order valence-electron chi connectivity index (χ2n) is 5.66. The molecule has 1 aromatic heterocycles. The molecule has 0 aliphatic carbocycles. The lowest BCUT2D eigenvalue weighted by molar-refractivity contribution is -0.117. The molecular weight excluding hydrogens is 280 g/mol. The van der Waals surface area contributed by atoms with Crippen molar-refractivity contribution in [1.29, 1.82) is 0 Å². The van der Waals surface area contributed by atoms with Gasteiger partial charge in [0, 0.05) is 32.6 Å². The Bertz CT molecular complexity index is 758. The number of hydrogen-bond donors (Lipinski definition) is 0. The Kier molecular flexibility index (Phi) is 3.71. The number of nitrogens with zero attached hydrogens (tertiary/aromatic N) is 2. The van der Waals surface area contributed by atoms with Gasteiger partial charge in [0.1, 0.15) is 5.58 Å². The summed E-state index contributed by atoms with van der Waals surface area (Å²) in [5, 5.41) is 0.895. The molecule has 2 amide bonds. The molecule has 1 aliphatic heterocycles. The maximum atomic E-state index is 12.0. The van der Waals surface area contributed by atoms with E-state index in [-0.39, 0.29) is 5.91 Å². The number of carbonyl (C=O) groups excluding carboxylic acids is 2. The Morgan fingerprint density at radius 1 is 1.32 bits per heavy atom. The second kappa shape index (κ2) is 5.67. The van der Waals surface area contributed by atoms with Crippen LogP contribution in [0.25, 0.3) is 16.5 Å². The minimum absolute atomic E-state index is 0.151. The number of hydrogen-bond acceptors (Lipinski definition) is 3. The molecule has 0 saturated heterocycles. The minimum Gasteiger partial charge on any atom is -0.451 e. The van der Waals surface area contributed by atoms with Gasteiger partial charge in [-0.2, -0.15) is 0 Å². The molecule has 5 heteroatoms. The molecule has 2 aromatic rings. The van der Waals surface area contributed by atoms with Gasteiger partial charge < -0.3 is 14.2 Å². The number of benzene rings is 1. The SMILES string of the molecule is CN(C)C(=O)c1cc2cc(C3=CCCN(C=O)C3)ccc2o1. The molecule has 1 aliphatic rings. The molecule has 5 nitrogen and oxygen atoms in total. The number of furan rings is 1. The van der Waals surface area contributed by atoms with Crippen molar-refractivity contribution in [2.75, 3.05) is 27.2 Å². The summed E-state index contributed by atoms with van der Waals surface area (Å²) in [7, 11) is 3.39. The van der Waals surface area contributed by atoms with Gasteiger partial charge in [0.2, 0.25) is 6.41 Å². The van der Waals surface area contributed by atoms with Gasteiger partial charge in [-0.05, 0) is 35.8 Å². The lowest BCUT2D eigenvalue weighted by Crippen LogP contribution is -2.27. The predicted molar refractivity (Wildman–Crippen MR) is 84.5 cm³/mol. The predicted octanol–water partition coefficient (Wildman–Crippen LogP) is 2.38. The normalized spacial score (nSPS) is 14.8. The molecule has 0 spiro atoms. The van der Waals surface area contributed by atoms with E-state index in [2.05, 4.69) is 6.08 Å². The summed E-state index contributed by atoms with van der Waals surface area (Å²) in [6.07, 6.45) is 3.91. The van der Waals surface area contributed by atoms with E-state index >= 15 is 0 Å². The van der Waals surface area contributed by atoms with Crippen LogP contribution in [0.4, 0.5) is 0 Å². The van der Waals surface area contributed by atoms with Gasteiger partial charge in [0.25, 0.3) is 5.91 Å². The van der Waals surface area contributed by atoms with Crippen molar-refractivity contribution < 1.29 is 14.0 Å². The maximum absolute atomic E-state index is 12.0. The third-order valence-electron chi connectivity index (χ3n) is 3.83.